The fourth-order valence-electron chi connectivity index (χ4n) is 3.40. The van der Waals surface area contributed by atoms with E-state index in [0.717, 1.165) is 18.7 Å². The molecule has 5 nitrogen and oxygen atoms in total. The summed E-state index contributed by atoms with van der Waals surface area (Å²) < 4.78 is 16.6. The standard InChI is InChI=1S/C20H25NO4/c1-23-17-9-8-16(12-18(17)24-2)20-19(14-22)25-11-10-21(20)13-15-6-4-3-5-7-15/h3-9,12,19-20,22H,10-11,13-14H2,1-2H3/t19-,20-/m1/s1. The van der Waals surface area contributed by atoms with Gasteiger partial charge < -0.3 is 19.3 Å². The van der Waals surface area contributed by atoms with Gasteiger partial charge in [0.2, 0.25) is 0 Å². The Morgan fingerprint density at radius 2 is 1.84 bits per heavy atom. The van der Waals surface area contributed by atoms with Gasteiger partial charge in [0.15, 0.2) is 11.5 Å². The van der Waals surface area contributed by atoms with Gasteiger partial charge in [0.1, 0.15) is 6.10 Å². The summed E-state index contributed by atoms with van der Waals surface area (Å²) in [6, 6.07) is 16.2. The lowest BCUT2D eigenvalue weighted by Crippen LogP contribution is -2.46. The first-order valence-electron chi connectivity index (χ1n) is 8.49. The Kier molecular flexibility index (Phi) is 5.91. The summed E-state index contributed by atoms with van der Waals surface area (Å²) in [7, 11) is 3.25. The van der Waals surface area contributed by atoms with Crippen LogP contribution in [0.15, 0.2) is 48.5 Å². The zero-order valence-electron chi connectivity index (χ0n) is 14.7. The van der Waals surface area contributed by atoms with E-state index < -0.39 is 0 Å². The lowest BCUT2D eigenvalue weighted by Gasteiger charge is -2.41. The van der Waals surface area contributed by atoms with Crippen molar-refractivity contribution in [3.8, 4) is 11.5 Å². The van der Waals surface area contributed by atoms with Crippen LogP contribution in [0.5, 0.6) is 11.5 Å². The van der Waals surface area contributed by atoms with Crippen molar-refractivity contribution in [2.45, 2.75) is 18.7 Å². The molecule has 1 saturated heterocycles. The quantitative estimate of drug-likeness (QED) is 0.874. The second-order valence-corrected chi connectivity index (χ2v) is 6.11. The van der Waals surface area contributed by atoms with E-state index in [4.69, 9.17) is 14.2 Å². The molecule has 0 spiro atoms. The maximum absolute atomic E-state index is 9.83. The predicted octanol–water partition coefficient (Wildman–Crippen LogP) is 2.64. The van der Waals surface area contributed by atoms with E-state index >= 15 is 0 Å². The molecule has 0 bridgehead atoms. The molecule has 2 atom stereocenters. The molecule has 2 aromatic carbocycles. The molecule has 1 fully saturated rings. The van der Waals surface area contributed by atoms with Crippen LogP contribution < -0.4 is 9.47 Å². The number of hydrogen-bond donors (Lipinski definition) is 1. The van der Waals surface area contributed by atoms with Crippen molar-refractivity contribution in [2.24, 2.45) is 0 Å². The summed E-state index contributed by atoms with van der Waals surface area (Å²) in [5, 5.41) is 9.83. The summed E-state index contributed by atoms with van der Waals surface area (Å²) >= 11 is 0. The maximum Gasteiger partial charge on any atom is 0.161 e. The molecule has 3 rings (SSSR count). The number of morpholine rings is 1. The molecule has 25 heavy (non-hydrogen) atoms. The Bertz CT molecular complexity index is 677. The summed E-state index contributed by atoms with van der Waals surface area (Å²) in [4.78, 5) is 2.35. The van der Waals surface area contributed by atoms with Crippen molar-refractivity contribution in [2.75, 3.05) is 34.0 Å². The molecule has 2 aromatic rings. The van der Waals surface area contributed by atoms with Crippen LogP contribution in [0.3, 0.4) is 0 Å². The summed E-state index contributed by atoms with van der Waals surface area (Å²) in [5.41, 5.74) is 2.29. The average Bonchev–Trinajstić information content (AvgIpc) is 2.68. The highest BCUT2D eigenvalue weighted by Gasteiger charge is 2.33. The van der Waals surface area contributed by atoms with Crippen LogP contribution in [0.25, 0.3) is 0 Å². The number of nitrogens with zero attached hydrogens (tertiary/aromatic N) is 1. The molecule has 134 valence electrons. The van der Waals surface area contributed by atoms with Crippen molar-refractivity contribution in [3.63, 3.8) is 0 Å². The van der Waals surface area contributed by atoms with E-state index in [2.05, 4.69) is 17.0 Å². The van der Waals surface area contributed by atoms with E-state index in [-0.39, 0.29) is 18.8 Å². The normalized spacial score (nSPS) is 21.1. The predicted molar refractivity (Wildman–Crippen MR) is 96.0 cm³/mol. The minimum absolute atomic E-state index is 0.0235. The number of aliphatic hydroxyl groups is 1. The molecule has 1 aliphatic rings. The molecular formula is C20H25NO4. The second kappa shape index (κ2) is 8.34. The fraction of sp³-hybridized carbons (Fsp3) is 0.400. The van der Waals surface area contributed by atoms with Crippen LogP contribution in [-0.2, 0) is 11.3 Å². The Labute approximate surface area is 148 Å². The van der Waals surface area contributed by atoms with Crippen molar-refractivity contribution in [1.29, 1.82) is 0 Å². The molecule has 1 aliphatic heterocycles. The molecular weight excluding hydrogens is 318 g/mol. The third kappa shape index (κ3) is 3.95. The average molecular weight is 343 g/mol. The van der Waals surface area contributed by atoms with E-state index in [1.54, 1.807) is 14.2 Å². The van der Waals surface area contributed by atoms with Crippen LogP contribution >= 0.6 is 0 Å². The SMILES string of the molecule is COc1ccc([C@@H]2[C@@H](CO)OCCN2Cc2ccccc2)cc1OC. The first-order valence-corrected chi connectivity index (χ1v) is 8.49. The Morgan fingerprint density at radius 1 is 1.08 bits per heavy atom. The molecule has 0 amide bonds. The summed E-state index contributed by atoms with van der Waals surface area (Å²) in [6.07, 6.45) is -0.268. The first-order chi connectivity index (χ1) is 12.3. The van der Waals surface area contributed by atoms with Gasteiger partial charge in [-0.15, -0.1) is 0 Å². The highest BCUT2D eigenvalue weighted by molar-refractivity contribution is 5.44. The molecule has 1 N–H and O–H groups in total. The van der Waals surface area contributed by atoms with Crippen LogP contribution in [0.4, 0.5) is 0 Å². The number of rotatable bonds is 6. The topological polar surface area (TPSA) is 51.2 Å². The van der Waals surface area contributed by atoms with Crippen LogP contribution in [0.2, 0.25) is 0 Å². The fourth-order valence-corrected chi connectivity index (χ4v) is 3.40. The maximum atomic E-state index is 9.83. The molecule has 0 aliphatic carbocycles. The molecule has 1 heterocycles. The van der Waals surface area contributed by atoms with Crippen LogP contribution in [-0.4, -0.2) is 50.1 Å². The zero-order chi connectivity index (χ0) is 17.6. The highest BCUT2D eigenvalue weighted by Crippen LogP contribution is 2.36. The van der Waals surface area contributed by atoms with Gasteiger partial charge in [-0.3, -0.25) is 4.90 Å². The minimum Gasteiger partial charge on any atom is -0.493 e. The largest absolute Gasteiger partial charge is 0.493 e. The number of hydrogen-bond acceptors (Lipinski definition) is 5. The van der Waals surface area contributed by atoms with Gasteiger partial charge in [-0.25, -0.2) is 0 Å². The lowest BCUT2D eigenvalue weighted by atomic mass is 9.97. The van der Waals surface area contributed by atoms with Gasteiger partial charge in [-0.05, 0) is 23.3 Å². The monoisotopic (exact) mass is 343 g/mol. The van der Waals surface area contributed by atoms with Crippen molar-refractivity contribution >= 4 is 0 Å². The van der Waals surface area contributed by atoms with Crippen molar-refractivity contribution in [1.82, 2.24) is 4.90 Å². The number of benzene rings is 2. The first kappa shape index (κ1) is 17.7. The Hall–Kier alpha value is -2.08. The van der Waals surface area contributed by atoms with E-state index in [1.807, 2.05) is 36.4 Å². The summed E-state index contributed by atoms with van der Waals surface area (Å²) in [6.45, 7) is 2.20. The smallest absolute Gasteiger partial charge is 0.161 e. The summed E-state index contributed by atoms with van der Waals surface area (Å²) in [5.74, 6) is 1.38. The number of methoxy groups -OCH3 is 2. The Morgan fingerprint density at radius 3 is 2.52 bits per heavy atom. The number of aliphatic hydroxyl groups excluding tert-OH is 1. The lowest BCUT2D eigenvalue weighted by molar-refractivity contribution is -0.0961. The van der Waals surface area contributed by atoms with Gasteiger partial charge in [-0.1, -0.05) is 36.4 Å². The van der Waals surface area contributed by atoms with Gasteiger partial charge in [-0.2, -0.15) is 0 Å². The molecule has 5 heteroatoms. The van der Waals surface area contributed by atoms with E-state index in [0.29, 0.717) is 18.1 Å². The minimum atomic E-state index is -0.268. The van der Waals surface area contributed by atoms with Gasteiger partial charge in [0, 0.05) is 13.1 Å². The van der Waals surface area contributed by atoms with Crippen molar-refractivity contribution < 1.29 is 19.3 Å². The third-order valence-corrected chi connectivity index (χ3v) is 4.61. The van der Waals surface area contributed by atoms with Crippen LogP contribution in [0.1, 0.15) is 17.2 Å². The van der Waals surface area contributed by atoms with Gasteiger partial charge in [0.05, 0.1) is 33.5 Å². The zero-order valence-corrected chi connectivity index (χ0v) is 14.7. The van der Waals surface area contributed by atoms with E-state index in [1.165, 1.54) is 5.56 Å². The van der Waals surface area contributed by atoms with Crippen molar-refractivity contribution in [3.05, 3.63) is 59.7 Å². The Balaban J connectivity index is 1.92. The highest BCUT2D eigenvalue weighted by atomic mass is 16.5. The number of ether oxygens (including phenoxy) is 3. The molecule has 0 radical (unpaired) electrons. The van der Waals surface area contributed by atoms with Gasteiger partial charge >= 0.3 is 0 Å². The molecule has 0 saturated carbocycles. The molecule has 0 aromatic heterocycles. The van der Waals surface area contributed by atoms with E-state index in [9.17, 15) is 5.11 Å². The van der Waals surface area contributed by atoms with Crippen LogP contribution in [0, 0.1) is 0 Å². The second-order valence-electron chi connectivity index (χ2n) is 6.11. The van der Waals surface area contributed by atoms with Gasteiger partial charge in [0.25, 0.3) is 0 Å². The third-order valence-electron chi connectivity index (χ3n) is 4.61. The molecule has 0 unspecified atom stereocenters.